The summed E-state index contributed by atoms with van der Waals surface area (Å²) in [5, 5.41) is 2.99. The molecule has 1 heterocycles. The minimum absolute atomic E-state index is 0.218. The average Bonchev–Trinajstić information content (AvgIpc) is 2.67. The maximum absolute atomic E-state index is 13.0. The molecule has 2 aromatic carbocycles. The van der Waals surface area contributed by atoms with Crippen LogP contribution in [-0.4, -0.2) is 25.6 Å². The largest absolute Gasteiger partial charge is 0.345 e. The molecule has 1 N–H and O–H groups in total. The van der Waals surface area contributed by atoms with Crippen molar-refractivity contribution in [3.8, 4) is 11.1 Å². The van der Waals surface area contributed by atoms with Gasteiger partial charge in [-0.15, -0.1) is 0 Å². The first-order chi connectivity index (χ1) is 13.3. The summed E-state index contributed by atoms with van der Waals surface area (Å²) in [4.78, 5) is 17.6. The molecule has 1 unspecified atom stereocenters. The molecular formula is C22H22N2O3S. The summed E-state index contributed by atoms with van der Waals surface area (Å²) in [6, 6.07) is 17.8. The second-order valence-electron chi connectivity index (χ2n) is 6.72. The Morgan fingerprint density at radius 1 is 1.00 bits per heavy atom. The van der Waals surface area contributed by atoms with Crippen LogP contribution in [-0.2, 0) is 9.84 Å². The molecule has 5 nitrogen and oxygen atoms in total. The lowest BCUT2D eigenvalue weighted by atomic mass is 9.98. The molecule has 0 radical (unpaired) electrons. The lowest BCUT2D eigenvalue weighted by molar-refractivity contribution is 0.0939. The van der Waals surface area contributed by atoms with Gasteiger partial charge in [0.15, 0.2) is 9.84 Å². The molecule has 0 spiro atoms. The molecule has 1 amide bonds. The third kappa shape index (κ3) is 4.28. The summed E-state index contributed by atoms with van der Waals surface area (Å²) in [6.45, 7) is 3.67. The molecule has 3 rings (SSSR count). The quantitative estimate of drug-likeness (QED) is 0.711. The number of carbonyl (C=O) groups excluding carboxylic acids is 1. The third-order valence-electron chi connectivity index (χ3n) is 4.61. The van der Waals surface area contributed by atoms with Crippen molar-refractivity contribution in [1.82, 2.24) is 10.3 Å². The van der Waals surface area contributed by atoms with Crippen molar-refractivity contribution >= 4 is 15.7 Å². The molecule has 0 aliphatic carbocycles. The summed E-state index contributed by atoms with van der Waals surface area (Å²) in [7, 11) is -3.25. The maximum Gasteiger partial charge on any atom is 0.254 e. The van der Waals surface area contributed by atoms with Crippen LogP contribution in [0.2, 0.25) is 0 Å². The van der Waals surface area contributed by atoms with Gasteiger partial charge in [-0.1, -0.05) is 42.5 Å². The van der Waals surface area contributed by atoms with Crippen LogP contribution < -0.4 is 5.32 Å². The van der Waals surface area contributed by atoms with E-state index in [1.54, 1.807) is 30.5 Å². The molecule has 3 aromatic rings. The minimum atomic E-state index is -3.25. The first kappa shape index (κ1) is 19.8. The highest BCUT2D eigenvalue weighted by molar-refractivity contribution is 7.90. The van der Waals surface area contributed by atoms with E-state index in [0.29, 0.717) is 11.3 Å². The van der Waals surface area contributed by atoms with Crippen LogP contribution in [0.15, 0.2) is 71.8 Å². The second kappa shape index (κ2) is 7.94. The van der Waals surface area contributed by atoms with E-state index < -0.39 is 9.84 Å². The van der Waals surface area contributed by atoms with Gasteiger partial charge >= 0.3 is 0 Å². The van der Waals surface area contributed by atoms with E-state index in [0.717, 1.165) is 16.7 Å². The van der Waals surface area contributed by atoms with Crippen LogP contribution in [0.5, 0.6) is 0 Å². The lowest BCUT2D eigenvalue weighted by Crippen LogP contribution is -2.28. The molecule has 0 bridgehead atoms. The highest BCUT2D eigenvalue weighted by Gasteiger charge is 2.19. The molecule has 0 aliphatic rings. The van der Waals surface area contributed by atoms with E-state index in [1.807, 2.05) is 50.2 Å². The van der Waals surface area contributed by atoms with Gasteiger partial charge in [0.1, 0.15) is 0 Å². The molecule has 28 heavy (non-hydrogen) atoms. The summed E-state index contributed by atoms with van der Waals surface area (Å²) in [5.41, 5.74) is 3.78. The number of pyridine rings is 1. The highest BCUT2D eigenvalue weighted by atomic mass is 32.2. The van der Waals surface area contributed by atoms with Crippen molar-refractivity contribution < 1.29 is 13.2 Å². The summed E-state index contributed by atoms with van der Waals surface area (Å²) >= 11 is 0. The highest BCUT2D eigenvalue weighted by Crippen LogP contribution is 2.26. The van der Waals surface area contributed by atoms with Crippen molar-refractivity contribution in [3.63, 3.8) is 0 Å². The van der Waals surface area contributed by atoms with Crippen molar-refractivity contribution in [3.05, 3.63) is 83.7 Å². The summed E-state index contributed by atoms with van der Waals surface area (Å²) in [5.74, 6) is -0.218. The zero-order chi connectivity index (χ0) is 20.3. The van der Waals surface area contributed by atoms with Crippen LogP contribution in [0, 0.1) is 6.92 Å². The number of amides is 1. The fraction of sp³-hybridized carbons (Fsp3) is 0.182. The number of carbonyl (C=O) groups is 1. The SMILES string of the molecule is Cc1nccc(-c2ccccc2)c1C(=O)NC(C)c1ccc(S(C)(=O)=O)cc1. The molecular weight excluding hydrogens is 372 g/mol. The van der Waals surface area contributed by atoms with Crippen molar-refractivity contribution in [1.29, 1.82) is 0 Å². The number of hydrogen-bond donors (Lipinski definition) is 1. The molecule has 0 fully saturated rings. The van der Waals surface area contributed by atoms with E-state index in [-0.39, 0.29) is 16.8 Å². The van der Waals surface area contributed by atoms with Gasteiger partial charge in [0.05, 0.1) is 22.2 Å². The average molecular weight is 394 g/mol. The van der Waals surface area contributed by atoms with Crippen LogP contribution >= 0.6 is 0 Å². The first-order valence-corrected chi connectivity index (χ1v) is 10.8. The van der Waals surface area contributed by atoms with Crippen molar-refractivity contribution in [2.45, 2.75) is 24.8 Å². The van der Waals surface area contributed by atoms with E-state index in [2.05, 4.69) is 10.3 Å². The van der Waals surface area contributed by atoms with E-state index in [1.165, 1.54) is 6.26 Å². The van der Waals surface area contributed by atoms with Crippen LogP contribution in [0.4, 0.5) is 0 Å². The molecule has 144 valence electrons. The van der Waals surface area contributed by atoms with Crippen molar-refractivity contribution in [2.75, 3.05) is 6.26 Å². The van der Waals surface area contributed by atoms with Gasteiger partial charge in [-0.3, -0.25) is 9.78 Å². The number of sulfone groups is 1. The van der Waals surface area contributed by atoms with Gasteiger partial charge in [-0.25, -0.2) is 8.42 Å². The maximum atomic E-state index is 13.0. The number of rotatable bonds is 5. The van der Waals surface area contributed by atoms with Gasteiger partial charge in [-0.2, -0.15) is 0 Å². The van der Waals surface area contributed by atoms with Crippen LogP contribution in [0.3, 0.4) is 0 Å². The van der Waals surface area contributed by atoms with E-state index >= 15 is 0 Å². The number of benzene rings is 2. The minimum Gasteiger partial charge on any atom is -0.345 e. The Kier molecular flexibility index (Phi) is 5.61. The van der Waals surface area contributed by atoms with E-state index in [4.69, 9.17) is 0 Å². The molecule has 1 atom stereocenters. The Bertz CT molecular complexity index is 1090. The number of aromatic nitrogens is 1. The standard InChI is InChI=1S/C22H22N2O3S/c1-15(17-9-11-19(12-10-17)28(3,26)27)24-22(25)21-16(2)23-14-13-20(21)18-7-5-4-6-8-18/h4-15H,1-3H3,(H,24,25). The normalized spacial score (nSPS) is 12.4. The van der Waals surface area contributed by atoms with Crippen molar-refractivity contribution in [2.24, 2.45) is 0 Å². The first-order valence-electron chi connectivity index (χ1n) is 8.89. The predicted octanol–water partition coefficient (Wildman–Crippen LogP) is 3.95. The summed E-state index contributed by atoms with van der Waals surface area (Å²) < 4.78 is 23.2. The van der Waals surface area contributed by atoms with Gasteiger partial charge in [0.2, 0.25) is 0 Å². The fourth-order valence-corrected chi connectivity index (χ4v) is 3.70. The Balaban J connectivity index is 1.87. The smallest absolute Gasteiger partial charge is 0.254 e. The molecule has 0 saturated heterocycles. The monoisotopic (exact) mass is 394 g/mol. The topological polar surface area (TPSA) is 76.1 Å². The Morgan fingerprint density at radius 3 is 2.25 bits per heavy atom. The van der Waals surface area contributed by atoms with Gasteiger partial charge < -0.3 is 5.32 Å². The fourth-order valence-electron chi connectivity index (χ4n) is 3.07. The lowest BCUT2D eigenvalue weighted by Gasteiger charge is -2.17. The number of hydrogen-bond acceptors (Lipinski definition) is 4. The summed E-state index contributed by atoms with van der Waals surface area (Å²) in [6.07, 6.45) is 2.87. The van der Waals surface area contributed by atoms with Gasteiger partial charge in [-0.05, 0) is 48.7 Å². The number of nitrogens with one attached hydrogen (secondary N) is 1. The Hall–Kier alpha value is -2.99. The Labute approximate surface area is 165 Å². The molecule has 6 heteroatoms. The second-order valence-corrected chi connectivity index (χ2v) is 8.74. The number of aryl methyl sites for hydroxylation is 1. The third-order valence-corrected chi connectivity index (χ3v) is 5.74. The van der Waals surface area contributed by atoms with Crippen LogP contribution in [0.1, 0.15) is 34.6 Å². The molecule has 0 saturated carbocycles. The molecule has 1 aromatic heterocycles. The van der Waals surface area contributed by atoms with Gasteiger partial charge in [0.25, 0.3) is 5.91 Å². The Morgan fingerprint density at radius 2 is 1.64 bits per heavy atom. The zero-order valence-corrected chi connectivity index (χ0v) is 16.8. The molecule has 0 aliphatic heterocycles. The van der Waals surface area contributed by atoms with Crippen LogP contribution in [0.25, 0.3) is 11.1 Å². The predicted molar refractivity (Wildman–Crippen MR) is 110 cm³/mol. The zero-order valence-electron chi connectivity index (χ0n) is 16.0. The van der Waals surface area contributed by atoms with Gasteiger partial charge in [0, 0.05) is 12.5 Å². The number of nitrogens with zero attached hydrogens (tertiary/aromatic N) is 1. The van der Waals surface area contributed by atoms with E-state index in [9.17, 15) is 13.2 Å².